The van der Waals surface area contributed by atoms with E-state index in [1.165, 1.54) is 11.3 Å². The number of carbonyl (C=O) groups is 2. The number of aryl methyl sites for hydroxylation is 1. The topological polar surface area (TPSA) is 96.5 Å². The molecule has 122 valence electrons. The van der Waals surface area contributed by atoms with E-state index in [1.807, 2.05) is 17.5 Å². The van der Waals surface area contributed by atoms with Gasteiger partial charge in [0.15, 0.2) is 0 Å². The number of nitrogens with zero attached hydrogens (tertiary/aromatic N) is 3. The molecule has 0 aliphatic carbocycles. The van der Waals surface area contributed by atoms with Gasteiger partial charge in [0.2, 0.25) is 17.6 Å². The molecule has 1 fully saturated rings. The number of hydrogen-bond acceptors (Lipinski definition) is 6. The molecule has 2 aromatic heterocycles. The lowest BCUT2D eigenvalue weighted by molar-refractivity contribution is -0.147. The van der Waals surface area contributed by atoms with Gasteiger partial charge in [-0.1, -0.05) is 11.2 Å². The number of hydrogen-bond donors (Lipinski definition) is 1. The zero-order chi connectivity index (χ0) is 16.4. The van der Waals surface area contributed by atoms with Gasteiger partial charge in [-0.3, -0.25) is 9.59 Å². The standard InChI is InChI=1S/C15H17N3O4S/c1-15(14(20)21)6-7-18(9-15)12(19)5-4-11-16-13(17-22-11)10-3-2-8-23-10/h2-3,8H,4-7,9H2,1H3,(H,20,21). The second-order valence-electron chi connectivity index (χ2n) is 5.92. The van der Waals surface area contributed by atoms with Crippen LogP contribution in [0.1, 0.15) is 25.7 Å². The fourth-order valence-corrected chi connectivity index (χ4v) is 3.23. The molecular formula is C15H17N3O4S. The summed E-state index contributed by atoms with van der Waals surface area (Å²) in [6.45, 7) is 2.41. The maximum atomic E-state index is 12.2. The summed E-state index contributed by atoms with van der Waals surface area (Å²) in [7, 11) is 0. The molecule has 23 heavy (non-hydrogen) atoms. The lowest BCUT2D eigenvalue weighted by Gasteiger charge is -2.19. The molecule has 1 atom stereocenters. The maximum absolute atomic E-state index is 12.2. The molecule has 3 rings (SSSR count). The predicted octanol–water partition coefficient (Wildman–Crippen LogP) is 2.05. The molecule has 1 saturated heterocycles. The third kappa shape index (κ3) is 3.26. The molecule has 0 bridgehead atoms. The van der Waals surface area contributed by atoms with Gasteiger partial charge >= 0.3 is 5.97 Å². The molecule has 0 spiro atoms. The van der Waals surface area contributed by atoms with Crippen LogP contribution in [0.3, 0.4) is 0 Å². The molecular weight excluding hydrogens is 318 g/mol. The number of carboxylic acid groups (broad SMARTS) is 1. The predicted molar refractivity (Wildman–Crippen MR) is 82.9 cm³/mol. The van der Waals surface area contributed by atoms with Gasteiger partial charge in [0.1, 0.15) is 0 Å². The summed E-state index contributed by atoms with van der Waals surface area (Å²) >= 11 is 1.52. The highest BCUT2D eigenvalue weighted by Gasteiger charge is 2.41. The van der Waals surface area contributed by atoms with E-state index in [-0.39, 0.29) is 18.9 Å². The first kappa shape index (κ1) is 15.7. The van der Waals surface area contributed by atoms with Crippen LogP contribution in [0.2, 0.25) is 0 Å². The van der Waals surface area contributed by atoms with E-state index in [9.17, 15) is 14.7 Å². The summed E-state index contributed by atoms with van der Waals surface area (Å²) in [4.78, 5) is 30.2. The van der Waals surface area contributed by atoms with Gasteiger partial charge < -0.3 is 14.5 Å². The van der Waals surface area contributed by atoms with Crippen molar-refractivity contribution in [2.45, 2.75) is 26.2 Å². The second kappa shape index (κ2) is 6.11. The monoisotopic (exact) mass is 335 g/mol. The summed E-state index contributed by atoms with van der Waals surface area (Å²) in [6, 6.07) is 3.81. The number of carbonyl (C=O) groups excluding carboxylic acids is 1. The summed E-state index contributed by atoms with van der Waals surface area (Å²) in [5.74, 6) is 0.0140. The lowest BCUT2D eigenvalue weighted by atomic mass is 9.90. The Bertz CT molecular complexity index is 712. The maximum Gasteiger partial charge on any atom is 0.311 e. The smallest absolute Gasteiger partial charge is 0.311 e. The van der Waals surface area contributed by atoms with E-state index in [0.717, 1.165) is 4.88 Å². The number of aromatic nitrogens is 2. The first-order valence-electron chi connectivity index (χ1n) is 7.35. The number of aliphatic carboxylic acids is 1. The van der Waals surface area contributed by atoms with Crippen LogP contribution >= 0.6 is 11.3 Å². The Hall–Kier alpha value is -2.22. The van der Waals surface area contributed by atoms with Gasteiger partial charge in [0.25, 0.3) is 0 Å². The van der Waals surface area contributed by atoms with Crippen LogP contribution < -0.4 is 0 Å². The van der Waals surface area contributed by atoms with Crippen LogP contribution in [0.5, 0.6) is 0 Å². The minimum Gasteiger partial charge on any atom is -0.481 e. The third-order valence-corrected chi connectivity index (χ3v) is 4.97. The molecule has 1 unspecified atom stereocenters. The highest BCUT2D eigenvalue weighted by molar-refractivity contribution is 7.13. The SMILES string of the molecule is CC1(C(=O)O)CCN(C(=O)CCc2nc(-c3cccs3)no2)C1. The minimum atomic E-state index is -0.856. The zero-order valence-corrected chi connectivity index (χ0v) is 13.5. The minimum absolute atomic E-state index is 0.0779. The van der Waals surface area contributed by atoms with Crippen LogP contribution in [0.15, 0.2) is 22.0 Å². The molecule has 8 heteroatoms. The Morgan fingerprint density at radius 3 is 3.00 bits per heavy atom. The Balaban J connectivity index is 1.55. The van der Waals surface area contributed by atoms with Crippen molar-refractivity contribution < 1.29 is 19.2 Å². The van der Waals surface area contributed by atoms with Crippen LogP contribution in [0.4, 0.5) is 0 Å². The van der Waals surface area contributed by atoms with Gasteiger partial charge in [-0.05, 0) is 24.8 Å². The molecule has 1 aliphatic rings. The number of likely N-dealkylation sites (tertiary alicyclic amines) is 1. The van der Waals surface area contributed by atoms with Crippen LogP contribution in [0.25, 0.3) is 10.7 Å². The van der Waals surface area contributed by atoms with E-state index in [2.05, 4.69) is 10.1 Å². The summed E-state index contributed by atoms with van der Waals surface area (Å²) in [5.41, 5.74) is -0.841. The molecule has 7 nitrogen and oxygen atoms in total. The number of thiophene rings is 1. The van der Waals surface area contributed by atoms with Crippen molar-refractivity contribution >= 4 is 23.2 Å². The van der Waals surface area contributed by atoms with Crippen LogP contribution in [-0.2, 0) is 16.0 Å². The van der Waals surface area contributed by atoms with Crippen molar-refractivity contribution in [3.63, 3.8) is 0 Å². The van der Waals surface area contributed by atoms with Crippen molar-refractivity contribution in [1.29, 1.82) is 0 Å². The van der Waals surface area contributed by atoms with Gasteiger partial charge in [-0.25, -0.2) is 0 Å². The molecule has 2 aromatic rings. The van der Waals surface area contributed by atoms with E-state index in [1.54, 1.807) is 11.8 Å². The van der Waals surface area contributed by atoms with Crippen molar-refractivity contribution in [3.05, 3.63) is 23.4 Å². The fraction of sp³-hybridized carbons (Fsp3) is 0.467. The highest BCUT2D eigenvalue weighted by atomic mass is 32.1. The summed E-state index contributed by atoms with van der Waals surface area (Å²) < 4.78 is 5.16. The summed E-state index contributed by atoms with van der Waals surface area (Å²) in [5, 5.41) is 15.0. The van der Waals surface area contributed by atoms with E-state index >= 15 is 0 Å². The average molecular weight is 335 g/mol. The lowest BCUT2D eigenvalue weighted by Crippen LogP contribution is -2.34. The van der Waals surface area contributed by atoms with Crippen LogP contribution in [-0.4, -0.2) is 45.1 Å². The van der Waals surface area contributed by atoms with Gasteiger partial charge in [-0.15, -0.1) is 11.3 Å². The van der Waals surface area contributed by atoms with Crippen molar-refractivity contribution in [3.8, 4) is 10.7 Å². The molecule has 3 heterocycles. The Labute approximate surface area is 136 Å². The highest BCUT2D eigenvalue weighted by Crippen LogP contribution is 2.30. The largest absolute Gasteiger partial charge is 0.481 e. The first-order valence-corrected chi connectivity index (χ1v) is 8.23. The molecule has 0 radical (unpaired) electrons. The molecule has 0 saturated carbocycles. The number of carboxylic acids is 1. The van der Waals surface area contributed by atoms with Crippen molar-refractivity contribution in [1.82, 2.24) is 15.0 Å². The van der Waals surface area contributed by atoms with E-state index in [4.69, 9.17) is 4.52 Å². The zero-order valence-electron chi connectivity index (χ0n) is 12.7. The molecule has 1 amide bonds. The summed E-state index contributed by atoms with van der Waals surface area (Å²) in [6.07, 6.45) is 1.08. The van der Waals surface area contributed by atoms with Crippen LogP contribution in [0, 0.1) is 5.41 Å². The quantitative estimate of drug-likeness (QED) is 0.898. The first-order chi connectivity index (χ1) is 11.0. The number of rotatable bonds is 5. The van der Waals surface area contributed by atoms with Gasteiger partial charge in [0.05, 0.1) is 10.3 Å². The second-order valence-corrected chi connectivity index (χ2v) is 6.87. The van der Waals surface area contributed by atoms with Gasteiger partial charge in [0, 0.05) is 25.9 Å². The Morgan fingerprint density at radius 1 is 1.52 bits per heavy atom. The van der Waals surface area contributed by atoms with Crippen molar-refractivity contribution in [2.75, 3.05) is 13.1 Å². The fourth-order valence-electron chi connectivity index (χ4n) is 2.58. The van der Waals surface area contributed by atoms with Gasteiger partial charge in [-0.2, -0.15) is 4.98 Å². The normalized spacial score (nSPS) is 20.8. The Kier molecular flexibility index (Phi) is 4.16. The van der Waals surface area contributed by atoms with E-state index < -0.39 is 11.4 Å². The van der Waals surface area contributed by atoms with E-state index in [0.29, 0.717) is 31.1 Å². The molecule has 1 aliphatic heterocycles. The van der Waals surface area contributed by atoms with Crippen molar-refractivity contribution in [2.24, 2.45) is 5.41 Å². The molecule has 1 N–H and O–H groups in total. The molecule has 0 aromatic carbocycles. The third-order valence-electron chi connectivity index (χ3n) is 4.10. The number of amides is 1. The Morgan fingerprint density at radius 2 is 2.35 bits per heavy atom. The average Bonchev–Trinajstić information content (AvgIpc) is 3.25.